The molecule has 0 radical (unpaired) electrons. The van der Waals surface area contributed by atoms with Crippen molar-refractivity contribution in [2.45, 2.75) is 6.92 Å². The van der Waals surface area contributed by atoms with Crippen LogP contribution >= 0.6 is 11.3 Å². The zero-order chi connectivity index (χ0) is 20.7. The van der Waals surface area contributed by atoms with Crippen LogP contribution in [0.4, 0.5) is 17.3 Å². The van der Waals surface area contributed by atoms with Crippen LogP contribution < -0.4 is 15.8 Å². The standard InChI is InChI=1S/C23H19N5OS/c1-13-20(21-22(24)25-12-26-23(21)30-13)15-7-9-17(18(11-15)29-2)28-19-10-8-14-5-3-4-6-16(14)27-19/h3-12H,1-2H3,(H,27,28)(H2,24,25,26). The predicted molar refractivity (Wildman–Crippen MR) is 124 cm³/mol. The van der Waals surface area contributed by atoms with E-state index in [4.69, 9.17) is 10.5 Å². The van der Waals surface area contributed by atoms with Crippen LogP contribution in [0.15, 0.2) is 60.9 Å². The molecule has 0 fully saturated rings. The molecule has 0 saturated heterocycles. The average Bonchev–Trinajstić information content (AvgIpc) is 3.11. The molecule has 0 saturated carbocycles. The van der Waals surface area contributed by atoms with Crippen LogP contribution in [0.5, 0.6) is 5.75 Å². The fourth-order valence-electron chi connectivity index (χ4n) is 3.64. The topological polar surface area (TPSA) is 86.0 Å². The number of pyridine rings is 1. The second-order valence-electron chi connectivity index (χ2n) is 6.90. The van der Waals surface area contributed by atoms with Gasteiger partial charge in [-0.25, -0.2) is 15.0 Å². The Bertz CT molecular complexity index is 1400. The van der Waals surface area contributed by atoms with Crippen molar-refractivity contribution in [2.24, 2.45) is 0 Å². The first-order valence-corrected chi connectivity index (χ1v) is 10.3. The molecule has 3 heterocycles. The molecule has 5 rings (SSSR count). The van der Waals surface area contributed by atoms with Gasteiger partial charge in [0.25, 0.3) is 0 Å². The van der Waals surface area contributed by atoms with Crippen LogP contribution in [0.3, 0.4) is 0 Å². The second-order valence-corrected chi connectivity index (χ2v) is 8.10. The first kappa shape index (κ1) is 18.3. The van der Waals surface area contributed by atoms with Crippen molar-refractivity contribution in [2.75, 3.05) is 18.2 Å². The maximum Gasteiger partial charge on any atom is 0.142 e. The number of nitrogen functional groups attached to an aromatic ring is 1. The van der Waals surface area contributed by atoms with Crippen molar-refractivity contribution in [3.8, 4) is 16.9 Å². The summed E-state index contributed by atoms with van der Waals surface area (Å²) in [6.45, 7) is 2.07. The Morgan fingerprint density at radius 2 is 1.90 bits per heavy atom. The molecule has 0 spiro atoms. The number of nitrogens with one attached hydrogen (secondary N) is 1. The maximum absolute atomic E-state index is 6.16. The number of rotatable bonds is 4. The van der Waals surface area contributed by atoms with Crippen LogP contribution in [0, 0.1) is 6.92 Å². The van der Waals surface area contributed by atoms with Gasteiger partial charge in [0.15, 0.2) is 0 Å². The van der Waals surface area contributed by atoms with Gasteiger partial charge in [-0.1, -0.05) is 24.3 Å². The zero-order valence-corrected chi connectivity index (χ0v) is 17.3. The molecular formula is C23H19N5OS. The van der Waals surface area contributed by atoms with Crippen LogP contribution in [0.1, 0.15) is 4.88 Å². The zero-order valence-electron chi connectivity index (χ0n) is 16.5. The van der Waals surface area contributed by atoms with Crippen molar-refractivity contribution < 1.29 is 4.74 Å². The lowest BCUT2D eigenvalue weighted by atomic mass is 10.0. The molecule has 0 bridgehead atoms. The number of aryl methyl sites for hydroxylation is 1. The van der Waals surface area contributed by atoms with Crippen molar-refractivity contribution in [3.63, 3.8) is 0 Å². The van der Waals surface area contributed by atoms with Gasteiger partial charge < -0.3 is 15.8 Å². The fourth-order valence-corrected chi connectivity index (χ4v) is 4.66. The molecule has 2 aromatic carbocycles. The SMILES string of the molecule is COc1cc(-c2c(C)sc3ncnc(N)c23)ccc1Nc1ccc2ccccc2n1. The Hall–Kier alpha value is -3.71. The fraction of sp³-hybridized carbons (Fsp3) is 0.0870. The summed E-state index contributed by atoms with van der Waals surface area (Å²) in [5.41, 5.74) is 9.99. The van der Waals surface area contributed by atoms with E-state index in [9.17, 15) is 0 Å². The number of nitrogens with zero attached hydrogens (tertiary/aromatic N) is 3. The van der Waals surface area contributed by atoms with Gasteiger partial charge in [0.2, 0.25) is 0 Å². The quantitative estimate of drug-likeness (QED) is 0.402. The minimum absolute atomic E-state index is 0.487. The number of fused-ring (bicyclic) bond motifs is 2. The Labute approximate surface area is 177 Å². The molecule has 6 nitrogen and oxygen atoms in total. The number of nitrogens with two attached hydrogens (primary N) is 1. The highest BCUT2D eigenvalue weighted by atomic mass is 32.1. The number of anilines is 3. The minimum Gasteiger partial charge on any atom is -0.495 e. The third kappa shape index (κ3) is 3.09. The molecule has 0 aliphatic carbocycles. The molecule has 0 amide bonds. The molecule has 3 N–H and O–H groups in total. The molecule has 148 valence electrons. The molecule has 0 unspecified atom stereocenters. The van der Waals surface area contributed by atoms with Crippen LogP contribution in [0.25, 0.3) is 32.2 Å². The number of hydrogen-bond donors (Lipinski definition) is 2. The molecule has 0 aliphatic rings. The summed E-state index contributed by atoms with van der Waals surface area (Å²) in [7, 11) is 1.66. The minimum atomic E-state index is 0.487. The van der Waals surface area contributed by atoms with E-state index in [1.807, 2.05) is 48.5 Å². The number of ether oxygens (including phenoxy) is 1. The summed E-state index contributed by atoms with van der Waals surface area (Å²) in [4.78, 5) is 15.2. The number of hydrogen-bond acceptors (Lipinski definition) is 7. The Morgan fingerprint density at radius 1 is 1.03 bits per heavy atom. The largest absolute Gasteiger partial charge is 0.495 e. The van der Waals surface area contributed by atoms with E-state index in [1.54, 1.807) is 18.4 Å². The van der Waals surface area contributed by atoms with E-state index >= 15 is 0 Å². The number of benzene rings is 2. The maximum atomic E-state index is 6.16. The van der Waals surface area contributed by atoms with E-state index in [0.29, 0.717) is 5.82 Å². The van der Waals surface area contributed by atoms with Gasteiger partial charge in [-0.2, -0.15) is 0 Å². The van der Waals surface area contributed by atoms with Gasteiger partial charge >= 0.3 is 0 Å². The molecule has 30 heavy (non-hydrogen) atoms. The van der Waals surface area contributed by atoms with Gasteiger partial charge in [0.05, 0.1) is 23.7 Å². The van der Waals surface area contributed by atoms with Crippen LogP contribution in [0.2, 0.25) is 0 Å². The van der Waals surface area contributed by atoms with Gasteiger partial charge in [-0.3, -0.25) is 0 Å². The van der Waals surface area contributed by atoms with Crippen LogP contribution in [-0.4, -0.2) is 22.1 Å². The summed E-state index contributed by atoms with van der Waals surface area (Å²) < 4.78 is 5.68. The van der Waals surface area contributed by atoms with Gasteiger partial charge in [0, 0.05) is 15.8 Å². The Morgan fingerprint density at radius 3 is 2.77 bits per heavy atom. The predicted octanol–water partition coefficient (Wildman–Crippen LogP) is 5.55. The highest BCUT2D eigenvalue weighted by Gasteiger charge is 2.17. The summed E-state index contributed by atoms with van der Waals surface area (Å²) >= 11 is 1.61. The van der Waals surface area contributed by atoms with Gasteiger partial charge in [0.1, 0.15) is 28.5 Å². The van der Waals surface area contributed by atoms with E-state index < -0.39 is 0 Å². The van der Waals surface area contributed by atoms with E-state index in [2.05, 4.69) is 33.3 Å². The number of para-hydroxylation sites is 1. The molecule has 3 aromatic heterocycles. The summed E-state index contributed by atoms with van der Waals surface area (Å²) in [5, 5.41) is 5.36. The van der Waals surface area contributed by atoms with Gasteiger partial charge in [-0.05, 0) is 42.8 Å². The van der Waals surface area contributed by atoms with Crippen molar-refractivity contribution >= 4 is 49.8 Å². The highest BCUT2D eigenvalue weighted by molar-refractivity contribution is 7.19. The second kappa shape index (κ2) is 7.27. The molecule has 0 atom stereocenters. The monoisotopic (exact) mass is 413 g/mol. The molecule has 7 heteroatoms. The highest BCUT2D eigenvalue weighted by Crippen LogP contribution is 2.42. The molecular weight excluding hydrogens is 394 g/mol. The third-order valence-electron chi connectivity index (χ3n) is 5.05. The van der Waals surface area contributed by atoms with E-state index in [-0.39, 0.29) is 0 Å². The van der Waals surface area contributed by atoms with E-state index in [0.717, 1.165) is 54.4 Å². The molecule has 5 aromatic rings. The Balaban J connectivity index is 1.56. The summed E-state index contributed by atoms with van der Waals surface area (Å²) in [6.07, 6.45) is 1.50. The third-order valence-corrected chi connectivity index (χ3v) is 6.06. The lowest BCUT2D eigenvalue weighted by Crippen LogP contribution is -1.98. The average molecular weight is 414 g/mol. The number of methoxy groups -OCH3 is 1. The number of thiophene rings is 1. The van der Waals surface area contributed by atoms with Crippen LogP contribution in [-0.2, 0) is 0 Å². The normalized spacial score (nSPS) is 11.1. The van der Waals surface area contributed by atoms with Crippen molar-refractivity contribution in [1.82, 2.24) is 15.0 Å². The summed E-state index contributed by atoms with van der Waals surface area (Å²) in [6, 6.07) is 18.1. The number of aromatic nitrogens is 3. The smallest absolute Gasteiger partial charge is 0.142 e. The van der Waals surface area contributed by atoms with Crippen molar-refractivity contribution in [3.05, 3.63) is 65.8 Å². The lowest BCUT2D eigenvalue weighted by Gasteiger charge is -2.13. The first-order chi connectivity index (χ1) is 14.6. The Kier molecular flexibility index (Phi) is 4.44. The lowest BCUT2D eigenvalue weighted by molar-refractivity contribution is 0.417. The van der Waals surface area contributed by atoms with Crippen molar-refractivity contribution in [1.29, 1.82) is 0 Å². The first-order valence-electron chi connectivity index (χ1n) is 9.45. The van der Waals surface area contributed by atoms with E-state index in [1.165, 1.54) is 6.33 Å². The summed E-state index contributed by atoms with van der Waals surface area (Å²) in [5.74, 6) is 1.96. The van der Waals surface area contributed by atoms with Gasteiger partial charge in [-0.15, -0.1) is 11.3 Å². The molecule has 0 aliphatic heterocycles.